The van der Waals surface area contributed by atoms with Crippen LogP contribution in [-0.2, 0) is 4.79 Å². The van der Waals surface area contributed by atoms with Crippen LogP contribution >= 0.6 is 11.6 Å². The van der Waals surface area contributed by atoms with Gasteiger partial charge in [0.1, 0.15) is 18.5 Å². The van der Waals surface area contributed by atoms with Crippen LogP contribution in [0.15, 0.2) is 31.0 Å². The molecule has 0 atom stereocenters. The van der Waals surface area contributed by atoms with Crippen molar-refractivity contribution in [3.8, 4) is 5.82 Å². The molecule has 2 aromatic rings. The number of nitrogens with one attached hydrogen (secondary N) is 1. The Bertz CT molecular complexity index is 550. The molecule has 0 saturated carbocycles. The number of hydrogen-bond donors (Lipinski definition) is 1. The van der Waals surface area contributed by atoms with E-state index in [-0.39, 0.29) is 11.8 Å². The lowest BCUT2D eigenvalue weighted by Crippen LogP contribution is -2.32. The van der Waals surface area contributed by atoms with Gasteiger partial charge in [0.25, 0.3) is 0 Å². The second-order valence-electron chi connectivity index (χ2n) is 4.75. The predicted octanol–water partition coefficient (Wildman–Crippen LogP) is 1.87. The molecule has 6 nitrogen and oxygen atoms in total. The summed E-state index contributed by atoms with van der Waals surface area (Å²) in [6.07, 6.45) is 4.69. The summed E-state index contributed by atoms with van der Waals surface area (Å²) >= 11 is 5.75. The summed E-state index contributed by atoms with van der Waals surface area (Å²) in [6.45, 7) is 3.57. The maximum atomic E-state index is 11.9. The molecule has 0 aromatic carbocycles. The van der Waals surface area contributed by atoms with Gasteiger partial charge in [-0.25, -0.2) is 4.98 Å². The van der Waals surface area contributed by atoms with Gasteiger partial charge >= 0.3 is 0 Å². The van der Waals surface area contributed by atoms with E-state index in [1.54, 1.807) is 49.4 Å². The van der Waals surface area contributed by atoms with Crippen molar-refractivity contribution in [2.45, 2.75) is 13.8 Å². The molecular formula is C12H14ClN5O. The highest BCUT2D eigenvalue weighted by Crippen LogP contribution is 2.20. The average Bonchev–Trinajstić information content (AvgIpc) is 2.93. The van der Waals surface area contributed by atoms with Crippen LogP contribution in [-0.4, -0.2) is 31.5 Å². The molecule has 0 spiro atoms. The van der Waals surface area contributed by atoms with Crippen LogP contribution in [0.1, 0.15) is 13.8 Å². The molecule has 100 valence electrons. The number of alkyl halides is 1. The van der Waals surface area contributed by atoms with E-state index in [2.05, 4.69) is 20.5 Å². The largest absolute Gasteiger partial charge is 0.324 e. The van der Waals surface area contributed by atoms with Crippen LogP contribution in [0.2, 0.25) is 0 Å². The molecule has 0 radical (unpaired) electrons. The first-order chi connectivity index (χ1) is 9.03. The number of anilines is 1. The fourth-order valence-corrected chi connectivity index (χ4v) is 1.41. The number of hydrogen-bond acceptors (Lipinski definition) is 4. The zero-order valence-electron chi connectivity index (χ0n) is 10.7. The third-order valence-corrected chi connectivity index (χ3v) is 3.31. The van der Waals surface area contributed by atoms with E-state index in [0.717, 1.165) is 0 Å². The molecule has 0 bridgehead atoms. The summed E-state index contributed by atoms with van der Waals surface area (Å²) in [5, 5.41) is 10.2. The first-order valence-electron chi connectivity index (χ1n) is 5.71. The van der Waals surface area contributed by atoms with Crippen LogP contribution < -0.4 is 5.32 Å². The third kappa shape index (κ3) is 3.08. The summed E-state index contributed by atoms with van der Waals surface area (Å²) < 4.78 is 1.67. The van der Waals surface area contributed by atoms with Gasteiger partial charge in [-0.2, -0.15) is 0 Å². The number of carbonyl (C=O) groups excluding carboxylic acids is 1. The van der Waals surface area contributed by atoms with Crippen molar-refractivity contribution in [3.63, 3.8) is 0 Å². The smallest absolute Gasteiger partial charge is 0.231 e. The number of amides is 1. The van der Waals surface area contributed by atoms with Gasteiger partial charge in [-0.15, -0.1) is 21.8 Å². The highest BCUT2D eigenvalue weighted by atomic mass is 35.5. The SMILES string of the molecule is CC(C)(CCl)C(=O)Nc1ccc(-n2cnnc2)nc1. The Morgan fingerprint density at radius 1 is 1.37 bits per heavy atom. The van der Waals surface area contributed by atoms with E-state index < -0.39 is 5.41 Å². The molecule has 7 heteroatoms. The quantitative estimate of drug-likeness (QED) is 0.867. The van der Waals surface area contributed by atoms with Crippen molar-refractivity contribution in [1.29, 1.82) is 0 Å². The maximum absolute atomic E-state index is 11.9. The van der Waals surface area contributed by atoms with E-state index in [4.69, 9.17) is 11.6 Å². The topological polar surface area (TPSA) is 72.7 Å². The fraction of sp³-hybridized carbons (Fsp3) is 0.333. The summed E-state index contributed by atoms with van der Waals surface area (Å²) in [5.74, 6) is 0.798. The first kappa shape index (κ1) is 13.5. The van der Waals surface area contributed by atoms with Gasteiger partial charge in [-0.1, -0.05) is 0 Å². The lowest BCUT2D eigenvalue weighted by Gasteiger charge is -2.20. The molecule has 0 aliphatic rings. The number of pyridine rings is 1. The fourth-order valence-electron chi connectivity index (χ4n) is 1.29. The van der Waals surface area contributed by atoms with Gasteiger partial charge in [0.15, 0.2) is 0 Å². The van der Waals surface area contributed by atoms with Gasteiger partial charge < -0.3 is 5.32 Å². The Labute approximate surface area is 115 Å². The summed E-state index contributed by atoms with van der Waals surface area (Å²) in [7, 11) is 0. The van der Waals surface area contributed by atoms with Crippen LogP contribution in [0.25, 0.3) is 5.82 Å². The number of halogens is 1. The Balaban J connectivity index is 2.10. The summed E-state index contributed by atoms with van der Waals surface area (Å²) in [5.41, 5.74) is 0.00844. The van der Waals surface area contributed by atoms with E-state index in [9.17, 15) is 4.79 Å². The molecule has 1 amide bonds. The minimum Gasteiger partial charge on any atom is -0.324 e. The molecule has 2 aromatic heterocycles. The van der Waals surface area contributed by atoms with Crippen LogP contribution in [0.5, 0.6) is 0 Å². The van der Waals surface area contributed by atoms with Gasteiger partial charge in [0.2, 0.25) is 5.91 Å². The molecule has 0 saturated heterocycles. The highest BCUT2D eigenvalue weighted by Gasteiger charge is 2.26. The maximum Gasteiger partial charge on any atom is 0.231 e. The molecule has 2 rings (SSSR count). The molecular weight excluding hydrogens is 266 g/mol. The van der Waals surface area contributed by atoms with Crippen molar-refractivity contribution in [2.75, 3.05) is 11.2 Å². The second kappa shape index (κ2) is 5.36. The summed E-state index contributed by atoms with van der Waals surface area (Å²) in [4.78, 5) is 16.1. The van der Waals surface area contributed by atoms with Gasteiger partial charge in [-0.3, -0.25) is 9.36 Å². The molecule has 0 aliphatic carbocycles. The predicted molar refractivity (Wildman–Crippen MR) is 72.3 cm³/mol. The summed E-state index contributed by atoms with van der Waals surface area (Å²) in [6, 6.07) is 3.54. The third-order valence-electron chi connectivity index (χ3n) is 2.64. The zero-order valence-corrected chi connectivity index (χ0v) is 11.4. The van der Waals surface area contributed by atoms with Gasteiger partial charge in [-0.05, 0) is 26.0 Å². The van der Waals surface area contributed by atoms with E-state index in [1.165, 1.54) is 0 Å². The monoisotopic (exact) mass is 279 g/mol. The number of aromatic nitrogens is 4. The second-order valence-corrected chi connectivity index (χ2v) is 5.01. The van der Waals surface area contributed by atoms with Gasteiger partial charge in [0.05, 0.1) is 17.3 Å². The van der Waals surface area contributed by atoms with Crippen LogP contribution in [0.4, 0.5) is 5.69 Å². The van der Waals surface area contributed by atoms with E-state index in [1.807, 2.05) is 0 Å². The number of carbonyl (C=O) groups is 1. The van der Waals surface area contributed by atoms with E-state index >= 15 is 0 Å². The molecule has 0 fully saturated rings. The molecule has 0 aliphatic heterocycles. The first-order valence-corrected chi connectivity index (χ1v) is 6.25. The number of rotatable bonds is 4. The highest BCUT2D eigenvalue weighted by molar-refractivity contribution is 6.20. The van der Waals surface area contributed by atoms with Crippen molar-refractivity contribution in [2.24, 2.45) is 5.41 Å². The molecule has 19 heavy (non-hydrogen) atoms. The zero-order chi connectivity index (χ0) is 13.9. The Morgan fingerprint density at radius 3 is 2.58 bits per heavy atom. The Morgan fingerprint density at radius 2 is 2.05 bits per heavy atom. The minimum atomic E-state index is -0.617. The van der Waals surface area contributed by atoms with Crippen LogP contribution in [0.3, 0.4) is 0 Å². The van der Waals surface area contributed by atoms with Crippen LogP contribution in [0, 0.1) is 5.41 Å². The normalized spacial score (nSPS) is 11.3. The average molecular weight is 280 g/mol. The minimum absolute atomic E-state index is 0.138. The molecule has 2 heterocycles. The molecule has 1 N–H and O–H groups in total. The lowest BCUT2D eigenvalue weighted by atomic mass is 9.95. The van der Waals surface area contributed by atoms with Crippen molar-refractivity contribution >= 4 is 23.2 Å². The van der Waals surface area contributed by atoms with Crippen molar-refractivity contribution < 1.29 is 4.79 Å². The van der Waals surface area contributed by atoms with Crippen molar-refractivity contribution in [3.05, 3.63) is 31.0 Å². The lowest BCUT2D eigenvalue weighted by molar-refractivity contribution is -0.122. The molecule has 0 unspecified atom stereocenters. The van der Waals surface area contributed by atoms with Gasteiger partial charge in [0, 0.05) is 5.88 Å². The Hall–Kier alpha value is -1.95. The van der Waals surface area contributed by atoms with Crippen molar-refractivity contribution in [1.82, 2.24) is 19.7 Å². The number of nitrogens with zero attached hydrogens (tertiary/aromatic N) is 4. The standard InChI is InChI=1S/C12H14ClN5O/c1-12(2,6-13)11(19)17-9-3-4-10(14-5-9)18-7-15-16-8-18/h3-5,7-8H,6H2,1-2H3,(H,17,19). The Kier molecular flexibility index (Phi) is 3.80. The van der Waals surface area contributed by atoms with E-state index in [0.29, 0.717) is 11.5 Å².